The molecule has 0 saturated carbocycles. The standard InChI is InChI=1S/C12H23N5O/c1-10(2)14-12(3,8-18)7-16-4-5-17-9-13-15-11(17)6-16/h9-10,14,18H,4-8H2,1-3H3. The van der Waals surface area contributed by atoms with Crippen LogP contribution in [0, 0.1) is 0 Å². The molecule has 0 fully saturated rings. The lowest BCUT2D eigenvalue weighted by molar-refractivity contribution is 0.0976. The van der Waals surface area contributed by atoms with Crippen molar-refractivity contribution >= 4 is 0 Å². The molecule has 0 saturated heterocycles. The van der Waals surface area contributed by atoms with E-state index in [0.29, 0.717) is 6.04 Å². The summed E-state index contributed by atoms with van der Waals surface area (Å²) < 4.78 is 2.09. The van der Waals surface area contributed by atoms with Crippen molar-refractivity contribution < 1.29 is 5.11 Å². The molecular formula is C12H23N5O. The van der Waals surface area contributed by atoms with Crippen molar-refractivity contribution in [1.29, 1.82) is 0 Å². The molecule has 1 aromatic rings. The van der Waals surface area contributed by atoms with Crippen LogP contribution in [0.25, 0.3) is 0 Å². The zero-order valence-electron chi connectivity index (χ0n) is 11.4. The first-order valence-corrected chi connectivity index (χ1v) is 6.50. The minimum atomic E-state index is -0.268. The molecule has 1 unspecified atom stereocenters. The van der Waals surface area contributed by atoms with Crippen LogP contribution in [0.15, 0.2) is 6.33 Å². The van der Waals surface area contributed by atoms with Gasteiger partial charge < -0.3 is 15.0 Å². The maximum Gasteiger partial charge on any atom is 0.147 e. The molecule has 0 spiro atoms. The summed E-state index contributed by atoms with van der Waals surface area (Å²) in [5.74, 6) is 1.01. The lowest BCUT2D eigenvalue weighted by Crippen LogP contribution is -2.57. The Morgan fingerprint density at radius 3 is 2.94 bits per heavy atom. The molecule has 1 aromatic heterocycles. The van der Waals surface area contributed by atoms with E-state index >= 15 is 0 Å². The third kappa shape index (κ3) is 3.07. The Morgan fingerprint density at radius 1 is 1.50 bits per heavy atom. The van der Waals surface area contributed by atoms with Crippen LogP contribution in [-0.4, -0.2) is 56.0 Å². The van der Waals surface area contributed by atoms with Gasteiger partial charge in [0.25, 0.3) is 0 Å². The Bertz CT molecular complexity index is 392. The van der Waals surface area contributed by atoms with Gasteiger partial charge in [0.15, 0.2) is 0 Å². The number of hydrogen-bond acceptors (Lipinski definition) is 5. The van der Waals surface area contributed by atoms with Gasteiger partial charge >= 0.3 is 0 Å². The second-order valence-corrected chi connectivity index (χ2v) is 5.67. The van der Waals surface area contributed by atoms with Gasteiger partial charge in [-0.1, -0.05) is 13.8 Å². The van der Waals surface area contributed by atoms with Crippen LogP contribution in [-0.2, 0) is 13.1 Å². The number of nitrogens with zero attached hydrogens (tertiary/aromatic N) is 4. The first-order chi connectivity index (χ1) is 8.52. The first kappa shape index (κ1) is 13.5. The van der Waals surface area contributed by atoms with Gasteiger partial charge in [-0.25, -0.2) is 0 Å². The van der Waals surface area contributed by atoms with Crippen LogP contribution in [0.3, 0.4) is 0 Å². The van der Waals surface area contributed by atoms with Crippen LogP contribution in [0.2, 0.25) is 0 Å². The molecule has 1 aliphatic heterocycles. The van der Waals surface area contributed by atoms with Crippen molar-refractivity contribution in [1.82, 2.24) is 25.0 Å². The number of aromatic nitrogens is 3. The molecule has 0 aliphatic carbocycles. The molecule has 102 valence electrons. The zero-order chi connectivity index (χ0) is 13.2. The van der Waals surface area contributed by atoms with E-state index < -0.39 is 0 Å². The number of hydrogen-bond donors (Lipinski definition) is 2. The van der Waals surface area contributed by atoms with E-state index in [0.717, 1.165) is 32.0 Å². The van der Waals surface area contributed by atoms with Gasteiger partial charge in [-0.3, -0.25) is 4.90 Å². The molecule has 1 atom stereocenters. The Morgan fingerprint density at radius 2 is 2.28 bits per heavy atom. The lowest BCUT2D eigenvalue weighted by Gasteiger charge is -2.37. The highest BCUT2D eigenvalue weighted by molar-refractivity contribution is 4.94. The Hall–Kier alpha value is -0.980. The Balaban J connectivity index is 1.97. The Labute approximate surface area is 108 Å². The zero-order valence-corrected chi connectivity index (χ0v) is 11.4. The van der Waals surface area contributed by atoms with E-state index in [1.165, 1.54) is 0 Å². The summed E-state index contributed by atoms with van der Waals surface area (Å²) >= 11 is 0. The molecule has 18 heavy (non-hydrogen) atoms. The number of fused-ring (bicyclic) bond motifs is 1. The monoisotopic (exact) mass is 253 g/mol. The Kier molecular flexibility index (Phi) is 3.99. The molecule has 0 radical (unpaired) electrons. The SMILES string of the molecule is CC(C)NC(C)(CO)CN1CCn2cnnc2C1. The van der Waals surface area contributed by atoms with Crippen molar-refractivity contribution in [2.24, 2.45) is 0 Å². The van der Waals surface area contributed by atoms with Crippen molar-refractivity contribution in [3.05, 3.63) is 12.2 Å². The summed E-state index contributed by atoms with van der Waals surface area (Å²) in [6, 6.07) is 0.357. The topological polar surface area (TPSA) is 66.2 Å². The van der Waals surface area contributed by atoms with Gasteiger partial charge in [0.05, 0.1) is 18.7 Å². The molecule has 2 N–H and O–H groups in total. The summed E-state index contributed by atoms with van der Waals surface area (Å²) in [5, 5.41) is 21.1. The summed E-state index contributed by atoms with van der Waals surface area (Å²) in [4.78, 5) is 2.32. The molecule has 2 heterocycles. The van der Waals surface area contributed by atoms with E-state index in [1.54, 1.807) is 6.33 Å². The minimum absolute atomic E-state index is 0.133. The van der Waals surface area contributed by atoms with E-state index in [1.807, 2.05) is 0 Å². The largest absolute Gasteiger partial charge is 0.394 e. The third-order valence-electron chi connectivity index (χ3n) is 3.28. The highest BCUT2D eigenvalue weighted by Crippen LogP contribution is 2.14. The maximum atomic E-state index is 9.60. The molecule has 2 rings (SSSR count). The number of aliphatic hydroxyl groups excluding tert-OH is 1. The fraction of sp³-hybridized carbons (Fsp3) is 0.833. The van der Waals surface area contributed by atoms with Crippen LogP contribution in [0.4, 0.5) is 0 Å². The van der Waals surface area contributed by atoms with E-state index in [9.17, 15) is 5.11 Å². The second-order valence-electron chi connectivity index (χ2n) is 5.67. The minimum Gasteiger partial charge on any atom is -0.394 e. The average Bonchev–Trinajstić information content (AvgIpc) is 2.75. The van der Waals surface area contributed by atoms with Gasteiger partial charge in [-0.05, 0) is 6.92 Å². The lowest BCUT2D eigenvalue weighted by atomic mass is 10.0. The summed E-state index contributed by atoms with van der Waals surface area (Å²) in [6.07, 6.45) is 1.78. The highest BCUT2D eigenvalue weighted by atomic mass is 16.3. The van der Waals surface area contributed by atoms with Crippen LogP contribution in [0.1, 0.15) is 26.6 Å². The molecule has 6 heteroatoms. The van der Waals surface area contributed by atoms with Crippen molar-refractivity contribution in [2.45, 2.75) is 45.4 Å². The van der Waals surface area contributed by atoms with Gasteiger partial charge in [-0.2, -0.15) is 0 Å². The van der Waals surface area contributed by atoms with E-state index in [2.05, 4.69) is 45.8 Å². The van der Waals surface area contributed by atoms with Crippen LogP contribution >= 0.6 is 0 Å². The van der Waals surface area contributed by atoms with Crippen molar-refractivity contribution in [2.75, 3.05) is 19.7 Å². The fourth-order valence-electron chi connectivity index (χ4n) is 2.58. The van der Waals surface area contributed by atoms with Gasteiger partial charge in [0.2, 0.25) is 0 Å². The number of aliphatic hydroxyl groups is 1. The molecule has 0 aromatic carbocycles. The predicted molar refractivity (Wildman–Crippen MR) is 69.1 cm³/mol. The second kappa shape index (κ2) is 5.34. The maximum absolute atomic E-state index is 9.60. The van der Waals surface area contributed by atoms with Crippen molar-refractivity contribution in [3.8, 4) is 0 Å². The van der Waals surface area contributed by atoms with E-state index in [4.69, 9.17) is 0 Å². The third-order valence-corrected chi connectivity index (χ3v) is 3.28. The quantitative estimate of drug-likeness (QED) is 0.763. The number of nitrogens with one attached hydrogen (secondary N) is 1. The summed E-state index contributed by atoms with van der Waals surface area (Å²) in [5.41, 5.74) is -0.268. The van der Waals surface area contributed by atoms with Gasteiger partial charge in [0.1, 0.15) is 12.2 Å². The fourth-order valence-corrected chi connectivity index (χ4v) is 2.58. The first-order valence-electron chi connectivity index (χ1n) is 6.50. The van der Waals surface area contributed by atoms with Gasteiger partial charge in [0, 0.05) is 25.7 Å². The smallest absolute Gasteiger partial charge is 0.147 e. The summed E-state index contributed by atoms with van der Waals surface area (Å²) in [7, 11) is 0. The average molecular weight is 253 g/mol. The van der Waals surface area contributed by atoms with Crippen LogP contribution < -0.4 is 5.32 Å². The van der Waals surface area contributed by atoms with Crippen LogP contribution in [0.5, 0.6) is 0 Å². The molecule has 1 aliphatic rings. The van der Waals surface area contributed by atoms with Gasteiger partial charge in [-0.15, -0.1) is 10.2 Å². The molecular weight excluding hydrogens is 230 g/mol. The highest BCUT2D eigenvalue weighted by Gasteiger charge is 2.29. The molecule has 0 amide bonds. The molecule has 0 bridgehead atoms. The van der Waals surface area contributed by atoms with Crippen molar-refractivity contribution in [3.63, 3.8) is 0 Å². The normalized spacial score (nSPS) is 19.8. The van der Waals surface area contributed by atoms with E-state index in [-0.39, 0.29) is 12.1 Å². The number of rotatable bonds is 5. The predicted octanol–water partition coefficient (Wildman–Crippen LogP) is -0.157. The molecule has 6 nitrogen and oxygen atoms in total. The summed E-state index contributed by atoms with van der Waals surface area (Å²) in [6.45, 7) is 9.90.